The molecule has 0 saturated carbocycles. The van der Waals surface area contributed by atoms with Crippen molar-refractivity contribution in [3.05, 3.63) is 83.8 Å². The summed E-state index contributed by atoms with van der Waals surface area (Å²) in [7, 11) is 3.88. The summed E-state index contributed by atoms with van der Waals surface area (Å²) in [5.41, 5.74) is 4.22. The average Bonchev–Trinajstić information content (AvgIpc) is 3.34. The Labute approximate surface area is 188 Å². The second-order valence-electron chi connectivity index (χ2n) is 8.13. The molecule has 1 aliphatic heterocycles. The first-order chi connectivity index (χ1) is 15.5. The van der Waals surface area contributed by atoms with Crippen LogP contribution in [0, 0.1) is 0 Å². The van der Waals surface area contributed by atoms with E-state index in [0.29, 0.717) is 5.69 Å². The highest BCUT2D eigenvalue weighted by Crippen LogP contribution is 2.28. The van der Waals surface area contributed by atoms with Crippen LogP contribution in [-0.2, 0) is 22.6 Å². The number of fused-ring (bicyclic) bond motifs is 1. The van der Waals surface area contributed by atoms with Crippen molar-refractivity contribution in [1.82, 2.24) is 10.2 Å². The summed E-state index contributed by atoms with van der Waals surface area (Å²) in [6, 6.07) is 19.3. The van der Waals surface area contributed by atoms with Gasteiger partial charge in [-0.05, 0) is 53.9 Å². The summed E-state index contributed by atoms with van der Waals surface area (Å²) in [4.78, 5) is 29.1. The van der Waals surface area contributed by atoms with E-state index in [1.165, 1.54) is 11.1 Å². The number of nitrogens with one attached hydrogen (secondary N) is 2. The molecule has 7 nitrogen and oxygen atoms in total. The first-order valence-corrected chi connectivity index (χ1v) is 10.7. The quantitative estimate of drug-likeness (QED) is 0.585. The highest BCUT2D eigenvalue weighted by molar-refractivity contribution is 6.39. The molecule has 2 N–H and O–H groups in total. The molecule has 2 amide bonds. The fourth-order valence-corrected chi connectivity index (χ4v) is 3.97. The Balaban J connectivity index is 1.39. The summed E-state index contributed by atoms with van der Waals surface area (Å²) in [5.74, 6) is -0.593. The minimum absolute atomic E-state index is 0.158. The van der Waals surface area contributed by atoms with Crippen LogP contribution in [0.5, 0.6) is 0 Å². The number of carbonyl (C=O) groups excluding carboxylic acids is 2. The molecule has 7 heteroatoms. The number of nitrogens with zero attached hydrogens (tertiary/aromatic N) is 2. The maximum atomic E-state index is 12.5. The summed E-state index contributed by atoms with van der Waals surface area (Å²) >= 11 is 0. The molecule has 0 bridgehead atoms. The van der Waals surface area contributed by atoms with Crippen LogP contribution in [0.1, 0.15) is 22.9 Å². The second-order valence-corrected chi connectivity index (χ2v) is 8.13. The predicted octanol–water partition coefficient (Wildman–Crippen LogP) is 3.20. The molecule has 2 heterocycles. The van der Waals surface area contributed by atoms with Gasteiger partial charge in [0.1, 0.15) is 5.76 Å². The van der Waals surface area contributed by atoms with Crippen LogP contribution in [-0.4, -0.2) is 43.9 Å². The smallest absolute Gasteiger partial charge is 0.313 e. The molecular formula is C25H28N4O3. The number of hydrogen-bond acceptors (Lipinski definition) is 5. The van der Waals surface area contributed by atoms with Gasteiger partial charge in [0, 0.05) is 45.1 Å². The number of amides is 2. The van der Waals surface area contributed by atoms with E-state index >= 15 is 0 Å². The average molecular weight is 433 g/mol. The van der Waals surface area contributed by atoms with Gasteiger partial charge in [0.05, 0.1) is 12.3 Å². The molecule has 0 radical (unpaired) electrons. The lowest BCUT2D eigenvalue weighted by Crippen LogP contribution is -2.43. The van der Waals surface area contributed by atoms with Crippen LogP contribution in [0.3, 0.4) is 0 Å². The Morgan fingerprint density at radius 2 is 1.75 bits per heavy atom. The van der Waals surface area contributed by atoms with Crippen LogP contribution in [0.2, 0.25) is 0 Å². The van der Waals surface area contributed by atoms with Crippen LogP contribution in [0.4, 0.5) is 11.4 Å². The zero-order chi connectivity index (χ0) is 22.5. The lowest BCUT2D eigenvalue weighted by molar-refractivity contribution is -0.136. The third kappa shape index (κ3) is 5.00. The molecule has 0 aliphatic carbocycles. The van der Waals surface area contributed by atoms with Gasteiger partial charge in [-0.1, -0.05) is 24.3 Å². The molecule has 1 aromatic heterocycles. The number of benzene rings is 2. The topological polar surface area (TPSA) is 77.8 Å². The number of carbonyl (C=O) groups is 2. The third-order valence-corrected chi connectivity index (χ3v) is 5.78. The Kier molecular flexibility index (Phi) is 6.56. The maximum Gasteiger partial charge on any atom is 0.313 e. The standard InChI is InChI=1S/C25H28N4O3/c1-28(2)21-11-9-20(10-12-21)27-25(31)24(30)26-16-22(23-8-5-15-32-23)29-14-13-18-6-3-4-7-19(18)17-29/h3-12,15,22H,13-14,16-17H2,1-2H3,(H,26,30)(H,27,31). The zero-order valence-corrected chi connectivity index (χ0v) is 18.4. The lowest BCUT2D eigenvalue weighted by Gasteiger charge is -2.34. The van der Waals surface area contributed by atoms with Crippen molar-refractivity contribution in [1.29, 1.82) is 0 Å². The van der Waals surface area contributed by atoms with E-state index in [1.54, 1.807) is 18.4 Å². The predicted molar refractivity (Wildman–Crippen MR) is 124 cm³/mol. The van der Waals surface area contributed by atoms with E-state index in [4.69, 9.17) is 4.42 Å². The molecule has 1 aliphatic rings. The van der Waals surface area contributed by atoms with Crippen LogP contribution >= 0.6 is 0 Å². The van der Waals surface area contributed by atoms with Gasteiger partial charge in [-0.15, -0.1) is 0 Å². The van der Waals surface area contributed by atoms with Crippen molar-refractivity contribution in [3.8, 4) is 0 Å². The molecule has 1 unspecified atom stereocenters. The van der Waals surface area contributed by atoms with Crippen molar-refractivity contribution < 1.29 is 14.0 Å². The Hall–Kier alpha value is -3.58. The molecule has 2 aromatic carbocycles. The van der Waals surface area contributed by atoms with E-state index in [-0.39, 0.29) is 12.6 Å². The van der Waals surface area contributed by atoms with Crippen molar-refractivity contribution in [2.24, 2.45) is 0 Å². The van der Waals surface area contributed by atoms with Crippen LogP contribution in [0.25, 0.3) is 0 Å². The first-order valence-electron chi connectivity index (χ1n) is 10.7. The summed E-state index contributed by atoms with van der Waals surface area (Å²) in [5, 5.41) is 5.43. The molecule has 0 fully saturated rings. The van der Waals surface area contributed by atoms with Gasteiger partial charge in [0.15, 0.2) is 0 Å². The van der Waals surface area contributed by atoms with Gasteiger partial charge in [0.2, 0.25) is 0 Å². The molecule has 0 spiro atoms. The van der Waals surface area contributed by atoms with Gasteiger partial charge in [-0.2, -0.15) is 0 Å². The van der Waals surface area contributed by atoms with Crippen molar-refractivity contribution >= 4 is 23.2 Å². The van der Waals surface area contributed by atoms with E-state index in [2.05, 4.69) is 33.7 Å². The molecule has 4 rings (SSSR count). The maximum absolute atomic E-state index is 12.5. The Morgan fingerprint density at radius 1 is 1.00 bits per heavy atom. The highest BCUT2D eigenvalue weighted by atomic mass is 16.3. The van der Waals surface area contributed by atoms with E-state index in [9.17, 15) is 9.59 Å². The van der Waals surface area contributed by atoms with Gasteiger partial charge in [-0.3, -0.25) is 14.5 Å². The normalized spacial score (nSPS) is 14.3. The summed E-state index contributed by atoms with van der Waals surface area (Å²) in [6.45, 7) is 1.89. The molecular weight excluding hydrogens is 404 g/mol. The SMILES string of the molecule is CN(C)c1ccc(NC(=O)C(=O)NCC(c2ccco2)N2CCc3ccccc3C2)cc1. The lowest BCUT2D eigenvalue weighted by atomic mass is 9.98. The zero-order valence-electron chi connectivity index (χ0n) is 18.4. The van der Waals surface area contributed by atoms with Crippen molar-refractivity contribution in [2.75, 3.05) is 37.4 Å². The fourth-order valence-electron chi connectivity index (χ4n) is 3.97. The number of hydrogen-bond donors (Lipinski definition) is 2. The minimum Gasteiger partial charge on any atom is -0.468 e. The van der Waals surface area contributed by atoms with Crippen molar-refractivity contribution in [3.63, 3.8) is 0 Å². The van der Waals surface area contributed by atoms with Gasteiger partial charge in [-0.25, -0.2) is 0 Å². The Bertz CT molecular complexity index is 1060. The van der Waals surface area contributed by atoms with Gasteiger partial charge >= 0.3 is 11.8 Å². The highest BCUT2D eigenvalue weighted by Gasteiger charge is 2.27. The molecule has 0 saturated heterocycles. The molecule has 1 atom stereocenters. The summed E-state index contributed by atoms with van der Waals surface area (Å²) in [6.07, 6.45) is 2.57. The van der Waals surface area contributed by atoms with E-state index < -0.39 is 11.8 Å². The van der Waals surface area contributed by atoms with Gasteiger partial charge < -0.3 is 20.0 Å². The number of anilines is 2. The molecule has 32 heavy (non-hydrogen) atoms. The largest absolute Gasteiger partial charge is 0.468 e. The third-order valence-electron chi connectivity index (χ3n) is 5.78. The van der Waals surface area contributed by atoms with Gasteiger partial charge in [0.25, 0.3) is 0 Å². The molecule has 3 aromatic rings. The monoisotopic (exact) mass is 432 g/mol. The van der Waals surface area contributed by atoms with Crippen LogP contribution < -0.4 is 15.5 Å². The van der Waals surface area contributed by atoms with Crippen LogP contribution in [0.15, 0.2) is 71.3 Å². The van der Waals surface area contributed by atoms with Crippen molar-refractivity contribution in [2.45, 2.75) is 19.0 Å². The Morgan fingerprint density at radius 3 is 2.44 bits per heavy atom. The number of furan rings is 1. The minimum atomic E-state index is -0.690. The summed E-state index contributed by atoms with van der Waals surface area (Å²) < 4.78 is 5.66. The first kappa shape index (κ1) is 21.6. The van der Waals surface area contributed by atoms with E-state index in [0.717, 1.165) is 31.0 Å². The number of rotatable bonds is 6. The fraction of sp³-hybridized carbons (Fsp3) is 0.280. The molecule has 166 valence electrons. The second kappa shape index (κ2) is 9.70. The van der Waals surface area contributed by atoms with E-state index in [1.807, 2.05) is 49.3 Å².